The summed E-state index contributed by atoms with van der Waals surface area (Å²) in [6.07, 6.45) is 3.39. The van der Waals surface area contributed by atoms with Crippen molar-refractivity contribution in [1.82, 2.24) is 20.2 Å². The number of nitrogens with one attached hydrogen (secondary N) is 1. The minimum absolute atomic E-state index is 0.0428. The van der Waals surface area contributed by atoms with E-state index in [1.165, 1.54) is 17.2 Å². The summed E-state index contributed by atoms with van der Waals surface area (Å²) >= 11 is 1.59. The second kappa shape index (κ2) is 7.21. The van der Waals surface area contributed by atoms with Crippen LogP contribution in [0.25, 0.3) is 10.2 Å². The Morgan fingerprint density at radius 1 is 1.03 bits per heavy atom. The van der Waals surface area contributed by atoms with Crippen LogP contribution in [0.4, 0.5) is 10.9 Å². The summed E-state index contributed by atoms with van der Waals surface area (Å²) in [7, 11) is 0. The van der Waals surface area contributed by atoms with Crippen molar-refractivity contribution in [3.63, 3.8) is 0 Å². The van der Waals surface area contributed by atoms with Crippen molar-refractivity contribution in [1.29, 1.82) is 0 Å². The molecule has 7 nitrogen and oxygen atoms in total. The average Bonchev–Trinajstić information content (AvgIpc) is 3.37. The number of pyridine rings is 1. The number of nitrogens with zero attached hydrogens (tertiary/aromatic N) is 4. The molecule has 0 saturated carbocycles. The van der Waals surface area contributed by atoms with Crippen molar-refractivity contribution in [3.8, 4) is 0 Å². The van der Waals surface area contributed by atoms with Crippen LogP contribution in [0.5, 0.6) is 0 Å². The number of carboxylic acid groups (broad SMARTS) is 1. The van der Waals surface area contributed by atoms with E-state index < -0.39 is 5.97 Å². The van der Waals surface area contributed by atoms with Gasteiger partial charge < -0.3 is 10.4 Å². The first-order valence-electron chi connectivity index (χ1n) is 9.36. The molecular weight excluding hydrogens is 386 g/mol. The lowest BCUT2D eigenvalue weighted by Crippen LogP contribution is -2.08. The zero-order chi connectivity index (χ0) is 19.8. The fourth-order valence-electron chi connectivity index (χ4n) is 3.69. The maximum absolute atomic E-state index is 11.2. The summed E-state index contributed by atoms with van der Waals surface area (Å²) in [4.78, 5) is 20.0. The van der Waals surface area contributed by atoms with Gasteiger partial charge >= 0.3 is 5.97 Å². The fourth-order valence-corrected chi connectivity index (χ4v) is 4.56. The molecule has 0 spiro atoms. The highest BCUT2D eigenvalue weighted by Gasteiger charge is 2.22. The Hall–Kier alpha value is -3.39. The van der Waals surface area contributed by atoms with Crippen molar-refractivity contribution in [2.75, 3.05) is 5.32 Å². The summed E-state index contributed by atoms with van der Waals surface area (Å²) < 4.78 is 1.13. The van der Waals surface area contributed by atoms with E-state index in [4.69, 9.17) is 5.11 Å². The molecule has 0 atom stereocenters. The van der Waals surface area contributed by atoms with E-state index in [-0.39, 0.29) is 5.69 Å². The number of aromatic nitrogens is 4. The third-order valence-electron chi connectivity index (χ3n) is 5.02. The quantitative estimate of drug-likeness (QED) is 0.519. The molecule has 8 heteroatoms. The average molecular weight is 403 g/mol. The number of hydrogen-bond donors (Lipinski definition) is 2. The van der Waals surface area contributed by atoms with Gasteiger partial charge in [-0.25, -0.2) is 14.8 Å². The standard InChI is InChI=1S/C21H17N5O2S/c27-20(28)16-9-3-5-12(22-16)11-17-13-6-4-7-14(13)19(26-25-17)24-21-23-15-8-1-2-10-18(15)29-21/h1-3,5,8-10H,4,6-7,11H2,(H,27,28)(H,23,24,26). The van der Waals surface area contributed by atoms with Crippen LogP contribution in [0.1, 0.15) is 39.4 Å². The third kappa shape index (κ3) is 3.42. The Morgan fingerprint density at radius 3 is 2.76 bits per heavy atom. The summed E-state index contributed by atoms with van der Waals surface area (Å²) in [5, 5.41) is 22.2. The third-order valence-corrected chi connectivity index (χ3v) is 5.97. The highest BCUT2D eigenvalue weighted by atomic mass is 32.1. The number of fused-ring (bicyclic) bond motifs is 2. The van der Waals surface area contributed by atoms with E-state index >= 15 is 0 Å². The molecule has 0 unspecified atom stereocenters. The highest BCUT2D eigenvalue weighted by molar-refractivity contribution is 7.22. The van der Waals surface area contributed by atoms with E-state index in [2.05, 4.69) is 31.5 Å². The molecule has 3 heterocycles. The number of anilines is 2. The van der Waals surface area contributed by atoms with Crippen molar-refractivity contribution < 1.29 is 9.90 Å². The number of thiazole rings is 1. The van der Waals surface area contributed by atoms with E-state index in [0.717, 1.165) is 46.1 Å². The lowest BCUT2D eigenvalue weighted by Gasteiger charge is -2.11. The Bertz CT molecular complexity index is 1200. The highest BCUT2D eigenvalue weighted by Crippen LogP contribution is 2.33. The van der Waals surface area contributed by atoms with Crippen LogP contribution in [0, 0.1) is 0 Å². The molecule has 1 aliphatic rings. The zero-order valence-corrected chi connectivity index (χ0v) is 16.2. The molecule has 29 heavy (non-hydrogen) atoms. The molecule has 2 N–H and O–H groups in total. The van der Waals surface area contributed by atoms with Crippen LogP contribution in [0.15, 0.2) is 42.5 Å². The molecule has 3 aromatic heterocycles. The minimum Gasteiger partial charge on any atom is -0.477 e. The molecule has 0 amide bonds. The van der Waals surface area contributed by atoms with E-state index in [9.17, 15) is 4.79 Å². The van der Waals surface area contributed by atoms with Gasteiger partial charge in [0.25, 0.3) is 0 Å². The summed E-state index contributed by atoms with van der Waals surface area (Å²) in [6, 6.07) is 13.1. The molecule has 5 rings (SSSR count). The SMILES string of the molecule is O=C(O)c1cccc(Cc2nnc(Nc3nc4ccccc4s3)c3c2CCC3)n1. The van der Waals surface area contributed by atoms with E-state index in [0.29, 0.717) is 12.1 Å². The van der Waals surface area contributed by atoms with Gasteiger partial charge in [-0.15, -0.1) is 5.10 Å². The van der Waals surface area contributed by atoms with Crippen LogP contribution < -0.4 is 5.32 Å². The molecule has 0 saturated heterocycles. The largest absolute Gasteiger partial charge is 0.477 e. The molecule has 1 aromatic carbocycles. The van der Waals surface area contributed by atoms with E-state index in [1.807, 2.05) is 24.3 Å². The first-order valence-corrected chi connectivity index (χ1v) is 10.2. The second-order valence-corrected chi connectivity index (χ2v) is 7.94. The molecule has 144 valence electrons. The molecular formula is C21H17N5O2S. The van der Waals surface area contributed by atoms with Gasteiger partial charge in [0.2, 0.25) is 0 Å². The number of carbonyl (C=O) groups is 1. The smallest absolute Gasteiger partial charge is 0.354 e. The molecule has 0 aliphatic heterocycles. The lowest BCUT2D eigenvalue weighted by atomic mass is 10.1. The minimum atomic E-state index is -1.03. The number of aromatic carboxylic acids is 1. The van der Waals surface area contributed by atoms with Crippen LogP contribution in [-0.4, -0.2) is 31.2 Å². The van der Waals surface area contributed by atoms with Crippen LogP contribution in [0.3, 0.4) is 0 Å². The summed E-state index contributed by atoms with van der Waals surface area (Å²) in [5.74, 6) is -0.272. The molecule has 1 aliphatic carbocycles. The number of carboxylic acids is 1. The van der Waals surface area contributed by atoms with Gasteiger partial charge in [0.1, 0.15) is 5.69 Å². The van der Waals surface area contributed by atoms with E-state index in [1.54, 1.807) is 17.4 Å². The van der Waals surface area contributed by atoms with Crippen molar-refractivity contribution in [2.45, 2.75) is 25.7 Å². The van der Waals surface area contributed by atoms with Crippen molar-refractivity contribution in [3.05, 3.63) is 70.7 Å². The van der Waals surface area contributed by atoms with Gasteiger partial charge in [-0.1, -0.05) is 29.5 Å². The monoisotopic (exact) mass is 403 g/mol. The van der Waals surface area contributed by atoms with Crippen LogP contribution >= 0.6 is 11.3 Å². The Kier molecular flexibility index (Phi) is 4.40. The molecule has 0 fully saturated rings. The van der Waals surface area contributed by atoms with Gasteiger partial charge in [-0.05, 0) is 49.1 Å². The van der Waals surface area contributed by atoms with Gasteiger partial charge in [0.15, 0.2) is 10.9 Å². The number of para-hydroxylation sites is 1. The maximum atomic E-state index is 11.2. The van der Waals surface area contributed by atoms with Gasteiger partial charge in [-0.2, -0.15) is 5.10 Å². The van der Waals surface area contributed by atoms with Crippen molar-refractivity contribution in [2.24, 2.45) is 0 Å². The number of hydrogen-bond acceptors (Lipinski definition) is 7. The summed E-state index contributed by atoms with van der Waals surface area (Å²) in [6.45, 7) is 0. The van der Waals surface area contributed by atoms with Crippen molar-refractivity contribution >= 4 is 38.5 Å². The fraction of sp³-hybridized carbons (Fsp3) is 0.190. The van der Waals surface area contributed by atoms with Crippen LogP contribution in [0.2, 0.25) is 0 Å². The maximum Gasteiger partial charge on any atom is 0.354 e. The first kappa shape index (κ1) is 17.7. The normalized spacial score (nSPS) is 12.8. The number of rotatable bonds is 5. The molecule has 0 radical (unpaired) electrons. The Balaban J connectivity index is 1.45. The zero-order valence-electron chi connectivity index (χ0n) is 15.4. The molecule has 4 aromatic rings. The lowest BCUT2D eigenvalue weighted by molar-refractivity contribution is 0.0690. The Morgan fingerprint density at radius 2 is 1.90 bits per heavy atom. The van der Waals surface area contributed by atoms with Gasteiger partial charge in [0.05, 0.1) is 15.9 Å². The van der Waals surface area contributed by atoms with Gasteiger partial charge in [-0.3, -0.25) is 0 Å². The second-order valence-electron chi connectivity index (χ2n) is 6.91. The number of benzene rings is 1. The Labute approximate surface area is 170 Å². The predicted molar refractivity (Wildman–Crippen MR) is 111 cm³/mol. The van der Waals surface area contributed by atoms with Crippen LogP contribution in [-0.2, 0) is 19.3 Å². The first-order chi connectivity index (χ1) is 14.2. The van der Waals surface area contributed by atoms with Gasteiger partial charge in [0, 0.05) is 17.7 Å². The predicted octanol–water partition coefficient (Wildman–Crippen LogP) is 4.00. The molecule has 0 bridgehead atoms. The topological polar surface area (TPSA) is 101 Å². The summed E-state index contributed by atoms with van der Waals surface area (Å²) in [5.41, 5.74) is 4.91.